The molecule has 0 aliphatic carbocycles. The van der Waals surface area contributed by atoms with E-state index in [1.807, 2.05) is 0 Å². The van der Waals surface area contributed by atoms with Gasteiger partial charge in [-0.1, -0.05) is 0 Å². The van der Waals surface area contributed by atoms with Crippen LogP contribution in [0.1, 0.15) is 11.1 Å². The highest BCUT2D eigenvalue weighted by atomic mass is 19.4. The SMILES string of the molecule is Cc1cc(-n2cccn2)cc(C(F)(F)F)c1. The maximum Gasteiger partial charge on any atom is 0.416 e. The first kappa shape index (κ1) is 10.7. The van der Waals surface area contributed by atoms with Gasteiger partial charge in [0.25, 0.3) is 0 Å². The Kier molecular flexibility index (Phi) is 2.46. The van der Waals surface area contributed by atoms with Crippen LogP contribution < -0.4 is 0 Å². The molecule has 2 nitrogen and oxygen atoms in total. The van der Waals surface area contributed by atoms with E-state index in [2.05, 4.69) is 5.10 Å². The Morgan fingerprint density at radius 3 is 2.50 bits per heavy atom. The van der Waals surface area contributed by atoms with E-state index in [0.29, 0.717) is 11.3 Å². The number of aromatic nitrogens is 2. The van der Waals surface area contributed by atoms with Crippen molar-refractivity contribution in [1.82, 2.24) is 9.78 Å². The second-order valence-corrected chi connectivity index (χ2v) is 3.51. The molecule has 5 heteroatoms. The lowest BCUT2D eigenvalue weighted by Gasteiger charge is -2.10. The van der Waals surface area contributed by atoms with Crippen molar-refractivity contribution in [1.29, 1.82) is 0 Å². The lowest BCUT2D eigenvalue weighted by molar-refractivity contribution is -0.137. The number of benzene rings is 1. The molecule has 0 atom stereocenters. The van der Waals surface area contributed by atoms with Gasteiger partial charge in [-0.25, -0.2) is 4.68 Å². The summed E-state index contributed by atoms with van der Waals surface area (Å²) in [5.41, 5.74) is 0.315. The predicted molar refractivity (Wildman–Crippen MR) is 53.3 cm³/mol. The van der Waals surface area contributed by atoms with E-state index in [-0.39, 0.29) is 0 Å². The summed E-state index contributed by atoms with van der Waals surface area (Å²) in [6.07, 6.45) is -1.20. The second-order valence-electron chi connectivity index (χ2n) is 3.51. The molecule has 1 aromatic heterocycles. The first-order valence-electron chi connectivity index (χ1n) is 4.66. The molecule has 0 radical (unpaired) electrons. The lowest BCUT2D eigenvalue weighted by atomic mass is 10.1. The molecule has 84 valence electrons. The van der Waals surface area contributed by atoms with Crippen molar-refractivity contribution < 1.29 is 13.2 Å². The van der Waals surface area contributed by atoms with Crippen molar-refractivity contribution in [2.24, 2.45) is 0 Å². The van der Waals surface area contributed by atoms with Crippen molar-refractivity contribution in [2.45, 2.75) is 13.1 Å². The first-order valence-corrected chi connectivity index (χ1v) is 4.66. The minimum atomic E-state index is -4.33. The zero-order valence-corrected chi connectivity index (χ0v) is 8.49. The lowest BCUT2D eigenvalue weighted by Crippen LogP contribution is -2.07. The summed E-state index contributed by atoms with van der Waals surface area (Å²) >= 11 is 0. The molecule has 2 aromatic rings. The van der Waals surface area contributed by atoms with Gasteiger partial charge in [-0.2, -0.15) is 18.3 Å². The average molecular weight is 226 g/mol. The Bertz CT molecular complexity index is 486. The highest BCUT2D eigenvalue weighted by molar-refractivity contribution is 5.40. The second kappa shape index (κ2) is 3.66. The van der Waals surface area contributed by atoms with Gasteiger partial charge < -0.3 is 0 Å². The summed E-state index contributed by atoms with van der Waals surface area (Å²) < 4.78 is 39.1. The van der Waals surface area contributed by atoms with Crippen LogP contribution in [0.2, 0.25) is 0 Å². The smallest absolute Gasteiger partial charge is 0.241 e. The third-order valence-corrected chi connectivity index (χ3v) is 2.16. The number of rotatable bonds is 1. The van der Waals surface area contributed by atoms with E-state index in [4.69, 9.17) is 0 Å². The molecule has 0 fully saturated rings. The van der Waals surface area contributed by atoms with E-state index >= 15 is 0 Å². The van der Waals surface area contributed by atoms with E-state index in [0.717, 1.165) is 12.1 Å². The molecule has 0 spiro atoms. The maximum absolute atomic E-state index is 12.6. The maximum atomic E-state index is 12.6. The van der Waals surface area contributed by atoms with Gasteiger partial charge in [-0.15, -0.1) is 0 Å². The summed E-state index contributed by atoms with van der Waals surface area (Å²) in [5, 5.41) is 3.90. The highest BCUT2D eigenvalue weighted by Gasteiger charge is 2.31. The average Bonchev–Trinajstić information content (AvgIpc) is 2.68. The molecule has 0 unspecified atom stereocenters. The third-order valence-electron chi connectivity index (χ3n) is 2.16. The molecule has 2 rings (SSSR count). The molecule has 0 amide bonds. The van der Waals surface area contributed by atoms with E-state index < -0.39 is 11.7 Å². The molecule has 0 bridgehead atoms. The summed E-state index contributed by atoms with van der Waals surface area (Å²) in [6.45, 7) is 1.63. The van der Waals surface area contributed by atoms with Crippen LogP contribution in [0.25, 0.3) is 5.69 Å². The van der Waals surface area contributed by atoms with E-state index in [9.17, 15) is 13.2 Å². The van der Waals surface area contributed by atoms with Gasteiger partial charge in [0.1, 0.15) is 0 Å². The Hall–Kier alpha value is -1.78. The monoisotopic (exact) mass is 226 g/mol. The Labute approximate surface area is 90.3 Å². The predicted octanol–water partition coefficient (Wildman–Crippen LogP) is 3.20. The fourth-order valence-corrected chi connectivity index (χ4v) is 1.48. The Balaban J connectivity index is 2.53. The van der Waals surface area contributed by atoms with Crippen LogP contribution in [0.3, 0.4) is 0 Å². The standard InChI is InChI=1S/C11H9F3N2/c1-8-5-9(11(12,13)14)7-10(6-8)16-4-2-3-15-16/h2-7H,1H3. The topological polar surface area (TPSA) is 17.8 Å². The highest BCUT2D eigenvalue weighted by Crippen LogP contribution is 2.31. The van der Waals surface area contributed by atoms with Gasteiger partial charge in [0.05, 0.1) is 11.3 Å². The molecule has 0 aliphatic heterocycles. The zero-order chi connectivity index (χ0) is 11.8. The molecule has 1 heterocycles. The van der Waals surface area contributed by atoms with Crippen molar-refractivity contribution >= 4 is 0 Å². The molecular formula is C11H9F3N2. The van der Waals surface area contributed by atoms with Crippen LogP contribution in [0, 0.1) is 6.92 Å². The normalized spacial score (nSPS) is 11.8. The van der Waals surface area contributed by atoms with Crippen LogP contribution in [-0.4, -0.2) is 9.78 Å². The Morgan fingerprint density at radius 2 is 1.94 bits per heavy atom. The molecular weight excluding hydrogens is 217 g/mol. The van der Waals surface area contributed by atoms with Gasteiger partial charge in [-0.3, -0.25) is 0 Å². The first-order chi connectivity index (χ1) is 7.47. The number of halogens is 3. The van der Waals surface area contributed by atoms with Crippen molar-refractivity contribution in [3.8, 4) is 5.69 Å². The molecule has 0 N–H and O–H groups in total. The van der Waals surface area contributed by atoms with Gasteiger partial charge in [-0.05, 0) is 36.8 Å². The molecule has 16 heavy (non-hydrogen) atoms. The van der Waals surface area contributed by atoms with Gasteiger partial charge in [0.2, 0.25) is 0 Å². The van der Waals surface area contributed by atoms with Crippen molar-refractivity contribution in [3.05, 3.63) is 47.8 Å². The molecule has 0 aliphatic rings. The minimum Gasteiger partial charge on any atom is -0.241 e. The summed E-state index contributed by atoms with van der Waals surface area (Å²) in [6, 6.07) is 5.52. The van der Waals surface area contributed by atoms with Gasteiger partial charge >= 0.3 is 6.18 Å². The van der Waals surface area contributed by atoms with Crippen LogP contribution in [0.4, 0.5) is 13.2 Å². The number of nitrogens with zero attached hydrogens (tertiary/aromatic N) is 2. The van der Waals surface area contributed by atoms with Crippen molar-refractivity contribution in [2.75, 3.05) is 0 Å². The van der Waals surface area contributed by atoms with Gasteiger partial charge in [0, 0.05) is 12.4 Å². The summed E-state index contributed by atoms with van der Waals surface area (Å²) in [4.78, 5) is 0. The number of hydrogen-bond donors (Lipinski definition) is 0. The minimum absolute atomic E-state index is 0.414. The fraction of sp³-hybridized carbons (Fsp3) is 0.182. The van der Waals surface area contributed by atoms with Crippen LogP contribution >= 0.6 is 0 Å². The molecule has 1 aromatic carbocycles. The molecule has 0 saturated carbocycles. The quantitative estimate of drug-likeness (QED) is 0.730. The third kappa shape index (κ3) is 2.08. The Morgan fingerprint density at radius 1 is 1.19 bits per heavy atom. The number of alkyl halides is 3. The van der Waals surface area contributed by atoms with Gasteiger partial charge in [0.15, 0.2) is 0 Å². The zero-order valence-electron chi connectivity index (χ0n) is 8.49. The summed E-state index contributed by atoms with van der Waals surface area (Å²) in [7, 11) is 0. The summed E-state index contributed by atoms with van der Waals surface area (Å²) in [5.74, 6) is 0. The largest absolute Gasteiger partial charge is 0.416 e. The van der Waals surface area contributed by atoms with E-state index in [1.165, 1.54) is 10.9 Å². The van der Waals surface area contributed by atoms with Crippen LogP contribution in [-0.2, 0) is 6.18 Å². The van der Waals surface area contributed by atoms with Crippen LogP contribution in [0.5, 0.6) is 0 Å². The van der Waals surface area contributed by atoms with E-state index in [1.54, 1.807) is 25.3 Å². The van der Waals surface area contributed by atoms with Crippen LogP contribution in [0.15, 0.2) is 36.7 Å². The molecule has 0 saturated heterocycles. The number of aryl methyl sites for hydroxylation is 1. The fourth-order valence-electron chi connectivity index (χ4n) is 1.48. The van der Waals surface area contributed by atoms with Crippen molar-refractivity contribution in [3.63, 3.8) is 0 Å². The number of hydrogen-bond acceptors (Lipinski definition) is 1.